The summed E-state index contributed by atoms with van der Waals surface area (Å²) in [6.45, 7) is 5.12. The van der Waals surface area contributed by atoms with Crippen LogP contribution in [0.5, 0.6) is 0 Å². The van der Waals surface area contributed by atoms with Gasteiger partial charge in [-0.25, -0.2) is 9.78 Å². The Morgan fingerprint density at radius 2 is 1.75 bits per heavy atom. The monoisotopic (exact) mass is 513 g/mol. The maximum absolute atomic E-state index is 12.5. The third-order valence-electron chi connectivity index (χ3n) is 5.44. The van der Waals surface area contributed by atoms with Crippen LogP contribution < -0.4 is 5.32 Å². The summed E-state index contributed by atoms with van der Waals surface area (Å²) >= 11 is 2.53. The molecule has 0 saturated heterocycles. The number of carbonyl (C=O) groups is 2. The topological polar surface area (TPSA) is 92.1 Å². The first-order valence-electron chi connectivity index (χ1n) is 11.2. The third-order valence-corrected chi connectivity index (χ3v) is 7.64. The fourth-order valence-electron chi connectivity index (χ4n) is 3.67. The summed E-state index contributed by atoms with van der Waals surface area (Å²) < 4.78 is 5.17. The van der Waals surface area contributed by atoms with Crippen LogP contribution in [0.2, 0.25) is 0 Å². The number of nitriles is 1. The van der Waals surface area contributed by atoms with Gasteiger partial charge in [0.25, 0.3) is 0 Å². The van der Waals surface area contributed by atoms with Crippen molar-refractivity contribution in [2.75, 3.05) is 11.9 Å². The second-order valence-electron chi connectivity index (χ2n) is 7.83. The fourth-order valence-corrected chi connectivity index (χ4v) is 5.53. The van der Waals surface area contributed by atoms with Gasteiger partial charge in [0.15, 0.2) is 5.78 Å². The van der Waals surface area contributed by atoms with Crippen molar-refractivity contribution in [3.05, 3.63) is 87.2 Å². The molecule has 1 N–H and O–H groups in total. The normalized spacial score (nSPS) is 11.1. The lowest BCUT2D eigenvalue weighted by atomic mass is 10.0. The smallest absolute Gasteiger partial charge is 0.341 e. The van der Waals surface area contributed by atoms with E-state index in [0.29, 0.717) is 31.6 Å². The highest BCUT2D eigenvalue weighted by Gasteiger charge is 2.24. The molecule has 0 spiro atoms. The van der Waals surface area contributed by atoms with Gasteiger partial charge in [0.05, 0.1) is 22.7 Å². The summed E-state index contributed by atoms with van der Waals surface area (Å²) in [6.07, 6.45) is 1.51. The van der Waals surface area contributed by atoms with Crippen molar-refractivity contribution in [2.24, 2.45) is 0 Å². The summed E-state index contributed by atoms with van der Waals surface area (Å²) in [4.78, 5) is 29.7. The number of allylic oxidation sites excluding steroid dienone is 1. The van der Waals surface area contributed by atoms with Gasteiger partial charge in [-0.15, -0.1) is 22.7 Å². The van der Waals surface area contributed by atoms with E-state index in [0.717, 1.165) is 22.4 Å². The number of anilines is 1. The first-order chi connectivity index (χ1) is 17.4. The van der Waals surface area contributed by atoms with Gasteiger partial charge in [-0.05, 0) is 37.5 Å². The van der Waals surface area contributed by atoms with Gasteiger partial charge in [-0.1, -0.05) is 54.6 Å². The number of esters is 1. The molecular weight excluding hydrogens is 490 g/mol. The Balaban J connectivity index is 1.59. The standard InChI is InChI=1S/C28H23N3O3S2/c1-4-34-28(33)24-17(2)25(18(3)32)36-27(24)30-15-22(14-29)26-31-23(16-35-26)21-12-10-20(11-13-21)19-8-6-5-7-9-19/h5-13,15-16,30H,4H2,1-3H3/b22-15+. The van der Waals surface area contributed by atoms with Crippen molar-refractivity contribution in [1.82, 2.24) is 4.98 Å². The summed E-state index contributed by atoms with van der Waals surface area (Å²) in [7, 11) is 0. The summed E-state index contributed by atoms with van der Waals surface area (Å²) in [6, 6.07) is 20.4. The Kier molecular flexibility index (Phi) is 7.74. The molecule has 4 rings (SSSR count). The Morgan fingerprint density at radius 3 is 2.39 bits per heavy atom. The van der Waals surface area contributed by atoms with Crippen LogP contribution in [-0.2, 0) is 4.74 Å². The van der Waals surface area contributed by atoms with Crippen LogP contribution in [0.3, 0.4) is 0 Å². The van der Waals surface area contributed by atoms with Gasteiger partial charge in [0, 0.05) is 17.1 Å². The lowest BCUT2D eigenvalue weighted by Gasteiger charge is -2.05. The molecule has 0 aliphatic heterocycles. The molecule has 0 aliphatic rings. The number of ketones is 1. The van der Waals surface area contributed by atoms with Crippen molar-refractivity contribution in [3.8, 4) is 28.5 Å². The predicted octanol–water partition coefficient (Wildman–Crippen LogP) is 7.20. The number of rotatable bonds is 8. The summed E-state index contributed by atoms with van der Waals surface area (Å²) in [5.41, 5.74) is 5.17. The fraction of sp³-hybridized carbons (Fsp3) is 0.143. The molecule has 2 aromatic carbocycles. The summed E-state index contributed by atoms with van der Waals surface area (Å²) in [5, 5.41) is 15.7. The Morgan fingerprint density at radius 1 is 1.08 bits per heavy atom. The molecule has 4 aromatic rings. The van der Waals surface area contributed by atoms with Crippen molar-refractivity contribution < 1.29 is 14.3 Å². The molecule has 0 fully saturated rings. The molecule has 6 nitrogen and oxygen atoms in total. The molecule has 0 saturated carbocycles. The molecular formula is C28H23N3O3S2. The van der Waals surface area contributed by atoms with E-state index in [1.54, 1.807) is 13.8 Å². The number of hydrogen-bond donors (Lipinski definition) is 1. The Bertz CT molecular complexity index is 1480. The largest absolute Gasteiger partial charge is 0.462 e. The average Bonchev–Trinajstić information content (AvgIpc) is 3.50. The second-order valence-corrected chi connectivity index (χ2v) is 9.71. The van der Waals surface area contributed by atoms with E-state index in [-0.39, 0.29) is 12.4 Å². The van der Waals surface area contributed by atoms with Gasteiger partial charge in [-0.3, -0.25) is 4.79 Å². The molecule has 8 heteroatoms. The van der Waals surface area contributed by atoms with E-state index in [1.165, 1.54) is 35.8 Å². The molecule has 36 heavy (non-hydrogen) atoms. The van der Waals surface area contributed by atoms with Crippen LogP contribution in [0.15, 0.2) is 66.2 Å². The van der Waals surface area contributed by atoms with Crippen LogP contribution in [-0.4, -0.2) is 23.3 Å². The van der Waals surface area contributed by atoms with E-state index in [4.69, 9.17) is 4.74 Å². The van der Waals surface area contributed by atoms with E-state index in [9.17, 15) is 14.9 Å². The number of thiazole rings is 1. The number of nitrogens with one attached hydrogen (secondary N) is 1. The van der Waals surface area contributed by atoms with E-state index < -0.39 is 5.97 Å². The number of hydrogen-bond acceptors (Lipinski definition) is 8. The minimum Gasteiger partial charge on any atom is -0.462 e. The number of ether oxygens (including phenoxy) is 1. The zero-order chi connectivity index (χ0) is 25.7. The quantitative estimate of drug-likeness (QED) is 0.152. The highest BCUT2D eigenvalue weighted by Crippen LogP contribution is 2.35. The number of nitrogens with zero attached hydrogens (tertiary/aromatic N) is 2. The number of carbonyl (C=O) groups excluding carboxylic acids is 2. The summed E-state index contributed by atoms with van der Waals surface area (Å²) in [5.74, 6) is -0.646. The molecule has 180 valence electrons. The SMILES string of the molecule is CCOC(=O)c1c(N/C=C(\C#N)c2nc(-c3ccc(-c4ccccc4)cc3)cs2)sc(C(C)=O)c1C. The highest BCUT2D eigenvalue weighted by molar-refractivity contribution is 7.18. The van der Waals surface area contributed by atoms with Gasteiger partial charge in [0.2, 0.25) is 0 Å². The first kappa shape index (κ1) is 25.0. The van der Waals surface area contributed by atoms with Crippen molar-refractivity contribution in [1.29, 1.82) is 5.26 Å². The lowest BCUT2D eigenvalue weighted by molar-refractivity contribution is 0.0527. The first-order valence-corrected chi connectivity index (χ1v) is 12.9. The maximum atomic E-state index is 12.5. The van der Waals surface area contributed by atoms with E-state index in [2.05, 4.69) is 40.6 Å². The van der Waals surface area contributed by atoms with Crippen molar-refractivity contribution >= 4 is 45.0 Å². The molecule has 2 heterocycles. The molecule has 0 atom stereocenters. The molecule has 0 aliphatic carbocycles. The van der Waals surface area contributed by atoms with Crippen LogP contribution in [0.25, 0.3) is 28.0 Å². The minimum absolute atomic E-state index is 0.136. The highest BCUT2D eigenvalue weighted by atomic mass is 32.1. The number of thiophene rings is 1. The number of Topliss-reactive ketones (excluding diaryl/α,β-unsaturated/α-hetero) is 1. The second kappa shape index (κ2) is 11.1. The van der Waals surface area contributed by atoms with Gasteiger partial charge in [0.1, 0.15) is 21.7 Å². The zero-order valence-electron chi connectivity index (χ0n) is 20.0. The van der Waals surface area contributed by atoms with Gasteiger partial charge < -0.3 is 10.1 Å². The van der Waals surface area contributed by atoms with Crippen LogP contribution >= 0.6 is 22.7 Å². The van der Waals surface area contributed by atoms with E-state index >= 15 is 0 Å². The molecule has 0 unspecified atom stereocenters. The molecule has 0 amide bonds. The van der Waals surface area contributed by atoms with E-state index in [1.807, 2.05) is 35.7 Å². The molecule has 0 bridgehead atoms. The average molecular weight is 514 g/mol. The zero-order valence-corrected chi connectivity index (χ0v) is 21.6. The van der Waals surface area contributed by atoms with Crippen molar-refractivity contribution in [3.63, 3.8) is 0 Å². The molecule has 0 radical (unpaired) electrons. The maximum Gasteiger partial charge on any atom is 0.341 e. The number of aromatic nitrogens is 1. The number of benzene rings is 2. The van der Waals surface area contributed by atoms with Gasteiger partial charge in [-0.2, -0.15) is 5.26 Å². The Labute approximate surface area is 217 Å². The van der Waals surface area contributed by atoms with Crippen LogP contribution in [0, 0.1) is 18.3 Å². The van der Waals surface area contributed by atoms with Crippen LogP contribution in [0.4, 0.5) is 5.00 Å². The predicted molar refractivity (Wildman–Crippen MR) is 145 cm³/mol. The lowest BCUT2D eigenvalue weighted by Crippen LogP contribution is -2.08. The minimum atomic E-state index is -0.511. The Hall–Kier alpha value is -4.06. The molecule has 2 aromatic heterocycles. The third kappa shape index (κ3) is 5.28. The van der Waals surface area contributed by atoms with Crippen molar-refractivity contribution in [2.45, 2.75) is 20.8 Å². The van der Waals surface area contributed by atoms with Crippen LogP contribution in [0.1, 0.15) is 44.4 Å². The van der Waals surface area contributed by atoms with Gasteiger partial charge >= 0.3 is 5.97 Å².